The number of likely N-dealkylation sites (N-methyl/N-ethyl adjacent to an activating group) is 2. The Kier molecular flexibility index (Phi) is 6.11. The summed E-state index contributed by atoms with van der Waals surface area (Å²) in [6.07, 6.45) is 0. The lowest BCUT2D eigenvalue weighted by Gasteiger charge is -2.27. The van der Waals surface area contributed by atoms with Crippen molar-refractivity contribution in [1.29, 1.82) is 0 Å². The van der Waals surface area contributed by atoms with E-state index in [0.29, 0.717) is 12.6 Å². The van der Waals surface area contributed by atoms with Crippen molar-refractivity contribution in [3.63, 3.8) is 0 Å². The Morgan fingerprint density at radius 2 is 2.00 bits per heavy atom. The smallest absolute Gasteiger partial charge is 0.123 e. The minimum atomic E-state index is -0.194. The number of ether oxygens (including phenoxy) is 1. The summed E-state index contributed by atoms with van der Waals surface area (Å²) in [4.78, 5) is 2.20. The third-order valence-electron chi connectivity index (χ3n) is 2.77. The number of halogens is 1. The summed E-state index contributed by atoms with van der Waals surface area (Å²) in [5.74, 6) is -0.194. The highest BCUT2D eigenvalue weighted by molar-refractivity contribution is 5.15. The molecule has 1 N–H and O–H groups in total. The van der Waals surface area contributed by atoms with E-state index in [4.69, 9.17) is 4.74 Å². The average molecular weight is 240 g/mol. The predicted molar refractivity (Wildman–Crippen MR) is 67.5 cm³/mol. The summed E-state index contributed by atoms with van der Waals surface area (Å²) in [6, 6.07) is 6.93. The molecule has 0 aromatic heterocycles. The summed E-state index contributed by atoms with van der Waals surface area (Å²) in [5, 5.41) is 3.15. The molecule has 96 valence electrons. The highest BCUT2D eigenvalue weighted by Gasteiger charge is 2.13. The van der Waals surface area contributed by atoms with Gasteiger partial charge in [0.2, 0.25) is 0 Å². The van der Waals surface area contributed by atoms with E-state index in [0.717, 1.165) is 18.7 Å². The summed E-state index contributed by atoms with van der Waals surface area (Å²) in [7, 11) is 5.67. The molecule has 1 aromatic rings. The minimum absolute atomic E-state index is 0.194. The molecule has 1 aromatic carbocycles. The molecule has 0 saturated heterocycles. The summed E-state index contributed by atoms with van der Waals surface area (Å²) < 4.78 is 18.0. The Morgan fingerprint density at radius 3 is 2.53 bits per heavy atom. The van der Waals surface area contributed by atoms with Crippen LogP contribution in [0, 0.1) is 5.82 Å². The van der Waals surface area contributed by atoms with Gasteiger partial charge in [0.25, 0.3) is 0 Å². The lowest BCUT2D eigenvalue weighted by Crippen LogP contribution is -2.41. The molecule has 4 heteroatoms. The first-order chi connectivity index (χ1) is 8.17. The first-order valence-electron chi connectivity index (χ1n) is 5.75. The van der Waals surface area contributed by atoms with Crippen LogP contribution in [0.2, 0.25) is 0 Å². The van der Waals surface area contributed by atoms with Crippen LogP contribution in [0.3, 0.4) is 0 Å². The number of hydrogen-bond donors (Lipinski definition) is 1. The molecule has 1 unspecified atom stereocenters. The van der Waals surface area contributed by atoms with Crippen LogP contribution in [0.1, 0.15) is 5.56 Å². The second-order valence-electron chi connectivity index (χ2n) is 4.21. The Hall–Kier alpha value is -0.970. The van der Waals surface area contributed by atoms with Crippen LogP contribution in [0.5, 0.6) is 0 Å². The number of nitrogens with one attached hydrogen (secondary N) is 1. The third-order valence-corrected chi connectivity index (χ3v) is 2.77. The zero-order valence-corrected chi connectivity index (χ0v) is 10.7. The molecule has 0 fully saturated rings. The van der Waals surface area contributed by atoms with Gasteiger partial charge in [-0.3, -0.25) is 4.90 Å². The number of nitrogens with zero attached hydrogens (tertiary/aromatic N) is 1. The molecule has 0 spiro atoms. The van der Waals surface area contributed by atoms with Crippen LogP contribution < -0.4 is 5.32 Å². The van der Waals surface area contributed by atoms with E-state index < -0.39 is 0 Å². The Bertz CT molecular complexity index is 310. The van der Waals surface area contributed by atoms with E-state index in [1.165, 1.54) is 12.1 Å². The summed E-state index contributed by atoms with van der Waals surface area (Å²) >= 11 is 0. The summed E-state index contributed by atoms with van der Waals surface area (Å²) in [5.41, 5.74) is 1.10. The molecule has 3 nitrogen and oxygen atoms in total. The fraction of sp³-hybridized carbons (Fsp3) is 0.538. The van der Waals surface area contributed by atoms with Gasteiger partial charge in [-0.15, -0.1) is 0 Å². The van der Waals surface area contributed by atoms with E-state index in [1.807, 2.05) is 26.2 Å². The van der Waals surface area contributed by atoms with Crippen LogP contribution in [0.4, 0.5) is 4.39 Å². The van der Waals surface area contributed by atoms with Crippen molar-refractivity contribution in [3.05, 3.63) is 35.6 Å². The number of hydrogen-bond acceptors (Lipinski definition) is 3. The molecule has 0 aliphatic carbocycles. The van der Waals surface area contributed by atoms with Crippen LogP contribution >= 0.6 is 0 Å². The molecular formula is C13H21FN2O. The molecule has 1 rings (SSSR count). The van der Waals surface area contributed by atoms with Gasteiger partial charge in [0.15, 0.2) is 0 Å². The highest BCUT2D eigenvalue weighted by atomic mass is 19.1. The van der Waals surface area contributed by atoms with Crippen molar-refractivity contribution in [2.45, 2.75) is 12.6 Å². The molecule has 0 saturated carbocycles. The lowest BCUT2D eigenvalue weighted by molar-refractivity contribution is 0.102. The Balaban J connectivity index is 2.55. The van der Waals surface area contributed by atoms with Crippen LogP contribution in [-0.2, 0) is 11.3 Å². The van der Waals surface area contributed by atoms with Gasteiger partial charge in [0, 0.05) is 26.2 Å². The van der Waals surface area contributed by atoms with Crippen LogP contribution in [0.25, 0.3) is 0 Å². The maximum absolute atomic E-state index is 12.8. The minimum Gasteiger partial charge on any atom is -0.383 e. The molecule has 0 amide bonds. The first-order valence-corrected chi connectivity index (χ1v) is 5.75. The zero-order chi connectivity index (χ0) is 12.7. The predicted octanol–water partition coefficient (Wildman–Crippen LogP) is 1.49. The number of rotatable bonds is 7. The topological polar surface area (TPSA) is 24.5 Å². The quantitative estimate of drug-likeness (QED) is 0.781. The van der Waals surface area contributed by atoms with Gasteiger partial charge in [-0.25, -0.2) is 4.39 Å². The normalized spacial score (nSPS) is 13.0. The molecular weight excluding hydrogens is 219 g/mol. The van der Waals surface area contributed by atoms with E-state index in [9.17, 15) is 4.39 Å². The number of benzene rings is 1. The monoisotopic (exact) mass is 240 g/mol. The SMILES string of the molecule is CNCC(COC)N(C)Cc1ccc(F)cc1. The van der Waals surface area contributed by atoms with Gasteiger partial charge in [0.05, 0.1) is 6.61 Å². The molecule has 0 bridgehead atoms. The van der Waals surface area contributed by atoms with Crippen molar-refractivity contribution in [2.24, 2.45) is 0 Å². The van der Waals surface area contributed by atoms with Gasteiger partial charge in [-0.1, -0.05) is 12.1 Å². The maximum Gasteiger partial charge on any atom is 0.123 e. The average Bonchev–Trinajstić information content (AvgIpc) is 2.32. The van der Waals surface area contributed by atoms with E-state index in [2.05, 4.69) is 10.2 Å². The molecule has 0 radical (unpaired) electrons. The largest absolute Gasteiger partial charge is 0.383 e. The molecule has 0 heterocycles. The second-order valence-corrected chi connectivity index (χ2v) is 4.21. The van der Waals surface area contributed by atoms with E-state index in [-0.39, 0.29) is 5.82 Å². The molecule has 17 heavy (non-hydrogen) atoms. The number of methoxy groups -OCH3 is 1. The van der Waals surface area contributed by atoms with Gasteiger partial charge >= 0.3 is 0 Å². The molecule has 0 aliphatic heterocycles. The van der Waals surface area contributed by atoms with Crippen molar-refractivity contribution in [1.82, 2.24) is 10.2 Å². The second kappa shape index (κ2) is 7.37. The van der Waals surface area contributed by atoms with Crippen molar-refractivity contribution in [2.75, 3.05) is 34.4 Å². The fourth-order valence-corrected chi connectivity index (χ4v) is 1.78. The van der Waals surface area contributed by atoms with Gasteiger partial charge < -0.3 is 10.1 Å². The van der Waals surface area contributed by atoms with Crippen LogP contribution in [0.15, 0.2) is 24.3 Å². The van der Waals surface area contributed by atoms with Gasteiger partial charge in [-0.05, 0) is 31.8 Å². The lowest BCUT2D eigenvalue weighted by atomic mass is 10.2. The van der Waals surface area contributed by atoms with Gasteiger partial charge in [0.1, 0.15) is 5.82 Å². The Labute approximate surface area is 103 Å². The van der Waals surface area contributed by atoms with Crippen molar-refractivity contribution in [3.8, 4) is 0 Å². The van der Waals surface area contributed by atoms with Gasteiger partial charge in [-0.2, -0.15) is 0 Å². The fourth-order valence-electron chi connectivity index (χ4n) is 1.78. The van der Waals surface area contributed by atoms with Crippen molar-refractivity contribution >= 4 is 0 Å². The maximum atomic E-state index is 12.8. The van der Waals surface area contributed by atoms with E-state index in [1.54, 1.807) is 7.11 Å². The zero-order valence-electron chi connectivity index (χ0n) is 10.7. The standard InChI is InChI=1S/C13H21FN2O/c1-15-8-13(10-17-3)16(2)9-11-4-6-12(14)7-5-11/h4-7,13,15H,8-10H2,1-3H3. The summed E-state index contributed by atoms with van der Waals surface area (Å²) in [6.45, 7) is 2.33. The third kappa shape index (κ3) is 4.81. The van der Waals surface area contributed by atoms with Crippen LogP contribution in [-0.4, -0.2) is 45.3 Å². The Morgan fingerprint density at radius 1 is 1.35 bits per heavy atom. The first kappa shape index (κ1) is 14.1. The van der Waals surface area contributed by atoms with Crippen molar-refractivity contribution < 1.29 is 9.13 Å². The molecule has 1 atom stereocenters. The molecule has 0 aliphatic rings. The van der Waals surface area contributed by atoms with E-state index >= 15 is 0 Å². The highest BCUT2D eigenvalue weighted by Crippen LogP contribution is 2.08.